The van der Waals surface area contributed by atoms with Crippen LogP contribution in [0.25, 0.3) is 11.4 Å². The summed E-state index contributed by atoms with van der Waals surface area (Å²) in [5.74, 6) is 1.44. The van der Waals surface area contributed by atoms with Crippen molar-refractivity contribution in [3.63, 3.8) is 0 Å². The Morgan fingerprint density at radius 3 is 2.28 bits per heavy atom. The van der Waals surface area contributed by atoms with Gasteiger partial charge in [-0.25, -0.2) is 14.4 Å². The molecule has 1 aliphatic heterocycles. The van der Waals surface area contributed by atoms with Crippen LogP contribution >= 0.6 is 0 Å². The van der Waals surface area contributed by atoms with E-state index in [-0.39, 0.29) is 17.6 Å². The number of halogens is 1. The van der Waals surface area contributed by atoms with E-state index in [1.54, 1.807) is 6.07 Å². The molecular weight excluding hydrogens is 403 g/mol. The molecule has 0 radical (unpaired) electrons. The molecule has 0 saturated carbocycles. The van der Waals surface area contributed by atoms with Gasteiger partial charge in [-0.05, 0) is 18.6 Å². The van der Waals surface area contributed by atoms with Crippen molar-refractivity contribution in [3.05, 3.63) is 77.2 Å². The second-order valence-electron chi connectivity index (χ2n) is 8.54. The Hall–Kier alpha value is -3.28. The van der Waals surface area contributed by atoms with Crippen molar-refractivity contribution >= 4 is 11.7 Å². The number of anilines is 1. The minimum absolute atomic E-state index is 0.0101. The normalized spacial score (nSPS) is 14.2. The van der Waals surface area contributed by atoms with E-state index >= 15 is 0 Å². The standard InChI is InChI=1S/C26H29FN4O/c1-18(2)26(32)31-15-13-30(14-16-31)25-22(17-21-11-7-8-12-23(21)27)19(3)28-24(29-25)20-9-5-4-6-10-20/h4-12,18H,13-17H2,1-3H3. The summed E-state index contributed by atoms with van der Waals surface area (Å²) in [5, 5.41) is 0. The maximum atomic E-state index is 14.4. The maximum absolute atomic E-state index is 14.4. The van der Waals surface area contributed by atoms with Crippen molar-refractivity contribution in [1.82, 2.24) is 14.9 Å². The Labute approximate surface area is 188 Å². The van der Waals surface area contributed by atoms with E-state index < -0.39 is 0 Å². The van der Waals surface area contributed by atoms with Crippen molar-refractivity contribution in [1.29, 1.82) is 0 Å². The average molecular weight is 433 g/mol. The van der Waals surface area contributed by atoms with Crippen molar-refractivity contribution < 1.29 is 9.18 Å². The summed E-state index contributed by atoms with van der Waals surface area (Å²) in [6.45, 7) is 8.51. The molecule has 1 aromatic heterocycles. The van der Waals surface area contributed by atoms with Gasteiger partial charge in [-0.2, -0.15) is 0 Å². The fourth-order valence-corrected chi connectivity index (χ4v) is 4.10. The third kappa shape index (κ3) is 4.64. The number of nitrogens with zero attached hydrogens (tertiary/aromatic N) is 4. The first-order valence-electron chi connectivity index (χ1n) is 11.1. The van der Waals surface area contributed by atoms with Crippen molar-refractivity contribution in [2.24, 2.45) is 5.92 Å². The third-order valence-electron chi connectivity index (χ3n) is 5.93. The van der Waals surface area contributed by atoms with Crippen molar-refractivity contribution in [2.45, 2.75) is 27.2 Å². The molecule has 0 atom stereocenters. The Kier molecular flexibility index (Phi) is 6.49. The van der Waals surface area contributed by atoms with Gasteiger partial charge in [-0.3, -0.25) is 4.79 Å². The molecule has 0 bridgehead atoms. The average Bonchev–Trinajstić information content (AvgIpc) is 2.81. The smallest absolute Gasteiger partial charge is 0.225 e. The maximum Gasteiger partial charge on any atom is 0.225 e. The molecule has 2 heterocycles. The first kappa shape index (κ1) is 21.9. The van der Waals surface area contributed by atoms with Crippen LogP contribution in [0.1, 0.15) is 30.7 Å². The SMILES string of the molecule is Cc1nc(-c2ccccc2)nc(N2CCN(C(=O)C(C)C)CC2)c1Cc1ccccc1F. The molecule has 166 valence electrons. The van der Waals surface area contributed by atoms with Gasteiger partial charge in [-0.1, -0.05) is 62.4 Å². The van der Waals surface area contributed by atoms with Crippen LogP contribution in [0.15, 0.2) is 54.6 Å². The number of carbonyl (C=O) groups excluding carboxylic acids is 1. The molecule has 4 rings (SSSR count). The Bertz CT molecular complexity index is 1090. The summed E-state index contributed by atoms with van der Waals surface area (Å²) in [6, 6.07) is 16.7. The van der Waals surface area contributed by atoms with E-state index in [9.17, 15) is 9.18 Å². The Balaban J connectivity index is 1.70. The topological polar surface area (TPSA) is 49.3 Å². The van der Waals surface area contributed by atoms with Gasteiger partial charge < -0.3 is 9.80 Å². The van der Waals surface area contributed by atoms with Gasteiger partial charge in [0.2, 0.25) is 5.91 Å². The lowest BCUT2D eigenvalue weighted by Crippen LogP contribution is -2.50. The highest BCUT2D eigenvalue weighted by Crippen LogP contribution is 2.29. The van der Waals surface area contributed by atoms with Gasteiger partial charge in [0.05, 0.1) is 0 Å². The molecule has 1 fully saturated rings. The van der Waals surface area contributed by atoms with Crippen LogP contribution in [0.5, 0.6) is 0 Å². The lowest BCUT2D eigenvalue weighted by molar-refractivity contribution is -0.134. The molecule has 5 nitrogen and oxygen atoms in total. The van der Waals surface area contributed by atoms with Crippen LogP contribution in [0.2, 0.25) is 0 Å². The van der Waals surface area contributed by atoms with Gasteiger partial charge >= 0.3 is 0 Å². The number of hydrogen-bond acceptors (Lipinski definition) is 4. The molecule has 0 N–H and O–H groups in total. The highest BCUT2D eigenvalue weighted by molar-refractivity contribution is 5.78. The third-order valence-corrected chi connectivity index (χ3v) is 5.93. The zero-order chi connectivity index (χ0) is 22.7. The second-order valence-corrected chi connectivity index (χ2v) is 8.54. The fourth-order valence-electron chi connectivity index (χ4n) is 4.10. The number of aromatic nitrogens is 2. The summed E-state index contributed by atoms with van der Waals surface area (Å²) >= 11 is 0. The quantitative estimate of drug-likeness (QED) is 0.596. The molecule has 6 heteroatoms. The first-order chi connectivity index (χ1) is 15.4. The zero-order valence-corrected chi connectivity index (χ0v) is 18.9. The van der Waals surface area contributed by atoms with Crippen LogP contribution < -0.4 is 4.90 Å². The van der Waals surface area contributed by atoms with E-state index in [1.165, 1.54) is 6.07 Å². The van der Waals surface area contributed by atoms with Gasteiger partial charge in [-0.15, -0.1) is 0 Å². The lowest BCUT2D eigenvalue weighted by atomic mass is 10.0. The zero-order valence-electron chi connectivity index (χ0n) is 18.9. The molecule has 32 heavy (non-hydrogen) atoms. The van der Waals surface area contributed by atoms with Crippen LogP contribution in [-0.2, 0) is 11.2 Å². The highest BCUT2D eigenvalue weighted by atomic mass is 19.1. The fraction of sp³-hybridized carbons (Fsp3) is 0.346. The molecule has 0 unspecified atom stereocenters. The second kappa shape index (κ2) is 9.47. The Morgan fingerprint density at radius 2 is 1.62 bits per heavy atom. The largest absolute Gasteiger partial charge is 0.353 e. The molecule has 1 aliphatic rings. The van der Waals surface area contributed by atoms with Crippen molar-refractivity contribution in [2.75, 3.05) is 31.1 Å². The van der Waals surface area contributed by atoms with Gasteiger partial charge in [0.25, 0.3) is 0 Å². The summed E-state index contributed by atoms with van der Waals surface area (Å²) in [5.41, 5.74) is 3.35. The van der Waals surface area contributed by atoms with Crippen LogP contribution in [-0.4, -0.2) is 47.0 Å². The number of amides is 1. The molecule has 1 amide bonds. The molecule has 0 spiro atoms. The monoisotopic (exact) mass is 432 g/mol. The number of aryl methyl sites for hydroxylation is 1. The number of hydrogen-bond donors (Lipinski definition) is 0. The predicted octanol–water partition coefficient (Wildman–Crippen LogP) is 4.49. The number of piperazine rings is 1. The Morgan fingerprint density at radius 1 is 0.969 bits per heavy atom. The molecule has 3 aromatic rings. The number of benzene rings is 2. The van der Waals surface area contributed by atoms with E-state index in [0.29, 0.717) is 44.0 Å². The predicted molar refractivity (Wildman–Crippen MR) is 125 cm³/mol. The van der Waals surface area contributed by atoms with Gasteiger partial charge in [0.1, 0.15) is 11.6 Å². The summed E-state index contributed by atoms with van der Waals surface area (Å²) < 4.78 is 14.4. The molecular formula is C26H29FN4O. The molecule has 0 aliphatic carbocycles. The minimum Gasteiger partial charge on any atom is -0.353 e. The van der Waals surface area contributed by atoms with Gasteiger partial charge in [0.15, 0.2) is 5.82 Å². The molecule has 2 aromatic carbocycles. The van der Waals surface area contributed by atoms with Crippen LogP contribution in [0.3, 0.4) is 0 Å². The number of rotatable bonds is 5. The van der Waals surface area contributed by atoms with Crippen molar-refractivity contribution in [3.8, 4) is 11.4 Å². The molecule has 1 saturated heterocycles. The van der Waals surface area contributed by atoms with E-state index in [2.05, 4.69) is 4.90 Å². The van der Waals surface area contributed by atoms with Crippen LogP contribution in [0.4, 0.5) is 10.2 Å². The summed E-state index contributed by atoms with van der Waals surface area (Å²) in [4.78, 5) is 26.3. The summed E-state index contributed by atoms with van der Waals surface area (Å²) in [6.07, 6.45) is 0.425. The van der Waals surface area contributed by atoms with E-state index in [4.69, 9.17) is 9.97 Å². The highest BCUT2D eigenvalue weighted by Gasteiger charge is 2.26. The van der Waals surface area contributed by atoms with E-state index in [0.717, 1.165) is 22.6 Å². The minimum atomic E-state index is -0.225. The van der Waals surface area contributed by atoms with Gasteiger partial charge in [0, 0.05) is 55.3 Å². The lowest BCUT2D eigenvalue weighted by Gasteiger charge is -2.37. The van der Waals surface area contributed by atoms with Crippen LogP contribution in [0, 0.1) is 18.7 Å². The summed E-state index contributed by atoms with van der Waals surface area (Å²) in [7, 11) is 0. The number of carbonyl (C=O) groups is 1. The first-order valence-corrected chi connectivity index (χ1v) is 11.1. The van der Waals surface area contributed by atoms with E-state index in [1.807, 2.05) is 68.1 Å².